The van der Waals surface area contributed by atoms with Crippen molar-refractivity contribution in [1.29, 1.82) is 0 Å². The summed E-state index contributed by atoms with van der Waals surface area (Å²) in [5, 5.41) is 11.6. The monoisotopic (exact) mass is 247 g/mol. The first-order valence-corrected chi connectivity index (χ1v) is 6.53. The maximum Gasteiger partial charge on any atom is 0.170 e. The Morgan fingerprint density at radius 2 is 1.83 bits per heavy atom. The van der Waals surface area contributed by atoms with Crippen LogP contribution in [0.5, 0.6) is 0 Å². The summed E-state index contributed by atoms with van der Waals surface area (Å²) in [6.07, 6.45) is 6.58. The summed E-state index contributed by atoms with van der Waals surface area (Å²) in [4.78, 5) is 2.34. The van der Waals surface area contributed by atoms with E-state index in [-0.39, 0.29) is 5.84 Å². The third kappa shape index (κ3) is 2.75. The first-order valence-electron chi connectivity index (χ1n) is 6.53. The Morgan fingerprint density at radius 3 is 2.39 bits per heavy atom. The zero-order valence-electron chi connectivity index (χ0n) is 10.8. The van der Waals surface area contributed by atoms with Crippen LogP contribution in [0.25, 0.3) is 0 Å². The summed E-state index contributed by atoms with van der Waals surface area (Å²) in [6.45, 7) is 0. The van der Waals surface area contributed by atoms with Crippen molar-refractivity contribution in [3.63, 3.8) is 0 Å². The molecule has 4 nitrogen and oxygen atoms in total. The predicted molar refractivity (Wildman–Crippen MR) is 74.2 cm³/mol. The summed E-state index contributed by atoms with van der Waals surface area (Å²) in [5.74, 6) is 0.155. The minimum absolute atomic E-state index is 0.155. The van der Waals surface area contributed by atoms with Crippen molar-refractivity contribution in [2.75, 3.05) is 11.9 Å². The average Bonchev–Trinajstić information content (AvgIpc) is 2.47. The van der Waals surface area contributed by atoms with Gasteiger partial charge in [0.15, 0.2) is 5.84 Å². The van der Waals surface area contributed by atoms with Crippen LogP contribution in [0.4, 0.5) is 5.69 Å². The number of nitrogens with zero attached hydrogens (tertiary/aromatic N) is 2. The summed E-state index contributed by atoms with van der Waals surface area (Å²) in [7, 11) is 2.15. The van der Waals surface area contributed by atoms with Gasteiger partial charge in [0.2, 0.25) is 0 Å². The van der Waals surface area contributed by atoms with Crippen molar-refractivity contribution >= 4 is 11.5 Å². The highest BCUT2D eigenvalue weighted by Gasteiger charge is 2.18. The van der Waals surface area contributed by atoms with E-state index in [1.54, 1.807) is 0 Å². The molecule has 0 bridgehead atoms. The van der Waals surface area contributed by atoms with E-state index in [2.05, 4.69) is 17.1 Å². The van der Waals surface area contributed by atoms with E-state index < -0.39 is 0 Å². The van der Waals surface area contributed by atoms with E-state index in [1.807, 2.05) is 24.3 Å². The van der Waals surface area contributed by atoms with Crippen LogP contribution in [-0.4, -0.2) is 24.1 Å². The molecule has 1 aromatic rings. The largest absolute Gasteiger partial charge is 0.409 e. The van der Waals surface area contributed by atoms with Gasteiger partial charge >= 0.3 is 0 Å². The molecule has 1 saturated carbocycles. The third-order valence-electron chi connectivity index (χ3n) is 3.80. The number of amidine groups is 1. The second-order valence-corrected chi connectivity index (χ2v) is 4.93. The molecule has 1 aliphatic carbocycles. The minimum Gasteiger partial charge on any atom is -0.409 e. The highest BCUT2D eigenvalue weighted by Crippen LogP contribution is 2.26. The molecule has 0 saturated heterocycles. The van der Waals surface area contributed by atoms with Gasteiger partial charge in [0.1, 0.15) is 0 Å². The molecule has 0 aliphatic heterocycles. The zero-order chi connectivity index (χ0) is 13.0. The molecule has 3 N–H and O–H groups in total. The minimum atomic E-state index is 0.155. The van der Waals surface area contributed by atoms with E-state index >= 15 is 0 Å². The Hall–Kier alpha value is -1.71. The molecule has 18 heavy (non-hydrogen) atoms. The number of rotatable bonds is 3. The maximum absolute atomic E-state index is 8.62. The van der Waals surface area contributed by atoms with Crippen molar-refractivity contribution in [2.45, 2.75) is 38.1 Å². The van der Waals surface area contributed by atoms with Gasteiger partial charge in [0.25, 0.3) is 0 Å². The molecule has 0 aromatic heterocycles. The first-order chi connectivity index (χ1) is 8.72. The Labute approximate surface area is 108 Å². The lowest BCUT2D eigenvalue weighted by Gasteiger charge is -2.33. The second kappa shape index (κ2) is 5.76. The quantitative estimate of drug-likeness (QED) is 0.373. The SMILES string of the molecule is CN(c1ccc(/C(N)=N/O)cc1)C1CCCCC1. The van der Waals surface area contributed by atoms with Gasteiger partial charge < -0.3 is 15.8 Å². The molecule has 0 atom stereocenters. The molecule has 0 spiro atoms. The fourth-order valence-corrected chi connectivity index (χ4v) is 2.60. The standard InChI is InChI=1S/C14H21N3O/c1-17(12-5-3-2-4-6-12)13-9-7-11(8-10-13)14(15)16-18/h7-10,12,18H,2-6H2,1H3,(H2,15,16). The highest BCUT2D eigenvalue weighted by atomic mass is 16.4. The van der Waals surface area contributed by atoms with E-state index in [0.29, 0.717) is 6.04 Å². The molecule has 4 heteroatoms. The molecule has 0 amide bonds. The Morgan fingerprint density at radius 1 is 1.22 bits per heavy atom. The van der Waals surface area contributed by atoms with E-state index in [1.165, 1.54) is 37.8 Å². The second-order valence-electron chi connectivity index (χ2n) is 4.93. The number of hydrogen-bond acceptors (Lipinski definition) is 3. The summed E-state index contributed by atoms with van der Waals surface area (Å²) >= 11 is 0. The number of oxime groups is 1. The van der Waals surface area contributed by atoms with Crippen molar-refractivity contribution < 1.29 is 5.21 Å². The van der Waals surface area contributed by atoms with Crippen molar-refractivity contribution in [2.24, 2.45) is 10.9 Å². The highest BCUT2D eigenvalue weighted by molar-refractivity contribution is 5.97. The average molecular weight is 247 g/mol. The lowest BCUT2D eigenvalue weighted by atomic mass is 9.94. The topological polar surface area (TPSA) is 61.8 Å². The molecule has 98 valence electrons. The fraction of sp³-hybridized carbons (Fsp3) is 0.500. The molecule has 0 unspecified atom stereocenters. The zero-order valence-corrected chi connectivity index (χ0v) is 10.8. The maximum atomic E-state index is 8.62. The lowest BCUT2D eigenvalue weighted by Crippen LogP contribution is -2.33. The van der Waals surface area contributed by atoms with Crippen molar-refractivity contribution in [3.05, 3.63) is 29.8 Å². The first kappa shape index (κ1) is 12.7. The Balaban J connectivity index is 2.08. The molecule has 2 rings (SSSR count). The van der Waals surface area contributed by atoms with Crippen molar-refractivity contribution in [1.82, 2.24) is 0 Å². The van der Waals surface area contributed by atoms with Gasteiger partial charge in [0.05, 0.1) is 0 Å². The van der Waals surface area contributed by atoms with Crippen LogP contribution in [0.3, 0.4) is 0 Å². The number of anilines is 1. The van der Waals surface area contributed by atoms with Gasteiger partial charge in [-0.1, -0.05) is 24.4 Å². The van der Waals surface area contributed by atoms with Gasteiger partial charge in [-0.3, -0.25) is 0 Å². The molecule has 1 aromatic carbocycles. The summed E-state index contributed by atoms with van der Waals surface area (Å²) in [6, 6.07) is 8.49. The normalized spacial score (nSPS) is 17.7. The molecule has 1 aliphatic rings. The third-order valence-corrected chi connectivity index (χ3v) is 3.80. The molecular weight excluding hydrogens is 226 g/mol. The van der Waals surface area contributed by atoms with E-state index in [0.717, 1.165) is 5.56 Å². The van der Waals surface area contributed by atoms with E-state index in [4.69, 9.17) is 10.9 Å². The summed E-state index contributed by atoms with van der Waals surface area (Å²) < 4.78 is 0. The van der Waals surface area contributed by atoms with Gasteiger partial charge in [-0.2, -0.15) is 0 Å². The Bertz CT molecular complexity index is 408. The van der Waals surface area contributed by atoms with Gasteiger partial charge in [0, 0.05) is 24.3 Å². The van der Waals surface area contributed by atoms with Gasteiger partial charge in [-0.15, -0.1) is 0 Å². The van der Waals surface area contributed by atoms with Gasteiger partial charge in [-0.05, 0) is 37.1 Å². The Kier molecular flexibility index (Phi) is 4.07. The lowest BCUT2D eigenvalue weighted by molar-refractivity contribution is 0.318. The number of hydrogen-bond donors (Lipinski definition) is 2. The van der Waals surface area contributed by atoms with Crippen molar-refractivity contribution in [3.8, 4) is 0 Å². The van der Waals surface area contributed by atoms with Crippen LogP contribution < -0.4 is 10.6 Å². The molecule has 0 radical (unpaired) electrons. The smallest absolute Gasteiger partial charge is 0.170 e. The van der Waals surface area contributed by atoms with Gasteiger partial charge in [-0.25, -0.2) is 0 Å². The van der Waals surface area contributed by atoms with Crippen LogP contribution in [-0.2, 0) is 0 Å². The van der Waals surface area contributed by atoms with Crippen LogP contribution in [0.15, 0.2) is 29.4 Å². The van der Waals surface area contributed by atoms with E-state index in [9.17, 15) is 0 Å². The molecule has 0 heterocycles. The van der Waals surface area contributed by atoms with Crippen LogP contribution in [0, 0.1) is 0 Å². The number of nitrogens with two attached hydrogens (primary N) is 1. The summed E-state index contributed by atoms with van der Waals surface area (Å²) in [5.41, 5.74) is 7.49. The van der Waals surface area contributed by atoms with Crippen LogP contribution in [0.1, 0.15) is 37.7 Å². The fourth-order valence-electron chi connectivity index (χ4n) is 2.60. The van der Waals surface area contributed by atoms with Crippen LogP contribution >= 0.6 is 0 Å². The van der Waals surface area contributed by atoms with Crippen LogP contribution in [0.2, 0.25) is 0 Å². The predicted octanol–water partition coefficient (Wildman–Crippen LogP) is 2.55. The number of benzene rings is 1. The molecule has 1 fully saturated rings. The molecular formula is C14H21N3O.